The summed E-state index contributed by atoms with van der Waals surface area (Å²) in [6, 6.07) is 0. The van der Waals surface area contributed by atoms with Crippen LogP contribution in [0.3, 0.4) is 0 Å². The third-order valence-corrected chi connectivity index (χ3v) is 2.30. The Bertz CT molecular complexity index is 315. The molecule has 0 amide bonds. The van der Waals surface area contributed by atoms with Gasteiger partial charge in [0, 0.05) is 11.5 Å². The third-order valence-electron chi connectivity index (χ3n) is 2.30. The van der Waals surface area contributed by atoms with Gasteiger partial charge in [0.25, 0.3) is 0 Å². The molecule has 3 nitrogen and oxygen atoms in total. The summed E-state index contributed by atoms with van der Waals surface area (Å²) in [7, 11) is 0. The molecule has 1 heterocycles. The highest BCUT2D eigenvalue weighted by molar-refractivity contribution is 5.98. The van der Waals surface area contributed by atoms with Gasteiger partial charge in [-0.05, 0) is 6.08 Å². The summed E-state index contributed by atoms with van der Waals surface area (Å²) in [5.74, 6) is 0.165. The van der Waals surface area contributed by atoms with E-state index in [2.05, 4.69) is 0 Å². The average molecular weight is 177 g/mol. The highest BCUT2D eigenvalue weighted by atomic mass is 16.5. The van der Waals surface area contributed by atoms with Crippen LogP contribution >= 0.6 is 0 Å². The summed E-state index contributed by atoms with van der Waals surface area (Å²) in [6.45, 7) is 0.0479. The Morgan fingerprint density at radius 2 is 2.38 bits per heavy atom. The van der Waals surface area contributed by atoms with Gasteiger partial charge in [-0.25, -0.2) is 0 Å². The number of allylic oxidation sites excluding steroid dienone is 2. The van der Waals surface area contributed by atoms with Crippen LogP contribution in [0.5, 0.6) is 0 Å². The van der Waals surface area contributed by atoms with Crippen molar-refractivity contribution in [2.75, 3.05) is 6.54 Å². The highest BCUT2D eigenvalue weighted by Gasteiger charge is 2.30. The zero-order chi connectivity index (χ0) is 9.26. The number of hydrogen-bond acceptors (Lipinski definition) is 3. The molecule has 13 heavy (non-hydrogen) atoms. The number of ketones is 1. The number of carbonyl (C=O) groups excluding carboxylic acids is 1. The van der Waals surface area contributed by atoms with E-state index in [-0.39, 0.29) is 24.3 Å². The maximum atomic E-state index is 11.4. The first-order valence-corrected chi connectivity index (χ1v) is 4.26. The summed E-state index contributed by atoms with van der Waals surface area (Å²) in [6.07, 6.45) is 9.12. The van der Waals surface area contributed by atoms with Gasteiger partial charge in [-0.2, -0.15) is 0 Å². The Labute approximate surface area is 76.6 Å². The fraction of sp³-hybridized carbons (Fsp3) is 0.300. The Morgan fingerprint density at radius 1 is 1.54 bits per heavy atom. The molecule has 2 rings (SSSR count). The lowest BCUT2D eigenvalue weighted by molar-refractivity contribution is -0.115. The van der Waals surface area contributed by atoms with E-state index in [0.717, 1.165) is 0 Å². The molecule has 0 aromatic rings. The fourth-order valence-corrected chi connectivity index (χ4v) is 1.61. The molecule has 1 aliphatic heterocycles. The quantitative estimate of drug-likeness (QED) is 0.669. The molecule has 2 aliphatic rings. The molecule has 0 bridgehead atoms. The number of Topliss-reactive ketones (excluding diaryl/α,β-unsaturated/α-hetero) is 1. The molecule has 0 fully saturated rings. The first-order valence-electron chi connectivity index (χ1n) is 4.26. The van der Waals surface area contributed by atoms with Crippen molar-refractivity contribution in [3.05, 3.63) is 36.1 Å². The molecule has 0 aromatic heterocycles. The van der Waals surface area contributed by atoms with E-state index in [1.54, 1.807) is 12.3 Å². The topological polar surface area (TPSA) is 52.3 Å². The van der Waals surface area contributed by atoms with Gasteiger partial charge in [-0.15, -0.1) is 0 Å². The Kier molecular flexibility index (Phi) is 2.02. The second kappa shape index (κ2) is 3.18. The van der Waals surface area contributed by atoms with Crippen molar-refractivity contribution >= 4 is 5.78 Å². The molecular formula is C10H11NO2. The van der Waals surface area contributed by atoms with Crippen molar-refractivity contribution in [2.45, 2.75) is 6.10 Å². The first-order chi connectivity index (χ1) is 6.33. The predicted octanol–water partition coefficient (Wildman–Crippen LogP) is 0.539. The normalized spacial score (nSPS) is 29.5. The number of fused-ring (bicyclic) bond motifs is 1. The molecule has 2 N–H and O–H groups in total. The molecule has 0 saturated heterocycles. The lowest BCUT2D eigenvalue weighted by Crippen LogP contribution is -2.29. The van der Waals surface area contributed by atoms with Crippen molar-refractivity contribution in [2.24, 2.45) is 11.7 Å². The summed E-state index contributed by atoms with van der Waals surface area (Å²) < 4.78 is 5.32. The van der Waals surface area contributed by atoms with Crippen molar-refractivity contribution in [1.29, 1.82) is 0 Å². The molecule has 3 heteroatoms. The minimum absolute atomic E-state index is 0.0388. The van der Waals surface area contributed by atoms with E-state index in [9.17, 15) is 4.79 Å². The third kappa shape index (κ3) is 1.31. The minimum atomic E-state index is -0.138. The zero-order valence-electron chi connectivity index (χ0n) is 7.14. The van der Waals surface area contributed by atoms with Gasteiger partial charge in [0.15, 0.2) is 5.78 Å². The number of nitrogens with two attached hydrogens (primary N) is 1. The van der Waals surface area contributed by atoms with Crippen LogP contribution in [0.2, 0.25) is 0 Å². The number of carbonyl (C=O) groups is 1. The Balaban J connectivity index is 2.24. The van der Waals surface area contributed by atoms with E-state index in [1.807, 2.05) is 18.2 Å². The first kappa shape index (κ1) is 8.26. The zero-order valence-corrected chi connectivity index (χ0v) is 7.14. The van der Waals surface area contributed by atoms with Crippen LogP contribution < -0.4 is 5.73 Å². The average Bonchev–Trinajstić information content (AvgIpc) is 2.63. The molecular weight excluding hydrogens is 166 g/mol. The van der Waals surface area contributed by atoms with Crippen LogP contribution in [0.15, 0.2) is 36.1 Å². The fourth-order valence-electron chi connectivity index (χ4n) is 1.61. The van der Waals surface area contributed by atoms with Crippen molar-refractivity contribution < 1.29 is 9.53 Å². The molecule has 2 atom stereocenters. The monoisotopic (exact) mass is 177 g/mol. The van der Waals surface area contributed by atoms with Crippen LogP contribution in [-0.2, 0) is 9.53 Å². The number of ether oxygens (including phenoxy) is 1. The minimum Gasteiger partial charge on any atom is -0.493 e. The van der Waals surface area contributed by atoms with E-state index in [4.69, 9.17) is 10.5 Å². The van der Waals surface area contributed by atoms with Crippen LogP contribution in [0.4, 0.5) is 0 Å². The molecule has 1 aliphatic carbocycles. The lowest BCUT2D eigenvalue weighted by Gasteiger charge is -2.20. The molecule has 68 valence electrons. The van der Waals surface area contributed by atoms with E-state index < -0.39 is 0 Å². The van der Waals surface area contributed by atoms with Crippen molar-refractivity contribution in [3.63, 3.8) is 0 Å². The highest BCUT2D eigenvalue weighted by Crippen LogP contribution is 2.28. The van der Waals surface area contributed by atoms with Crippen LogP contribution in [0, 0.1) is 5.92 Å². The summed E-state index contributed by atoms with van der Waals surface area (Å²) in [5, 5.41) is 0. The summed E-state index contributed by atoms with van der Waals surface area (Å²) in [4.78, 5) is 11.4. The maximum Gasteiger partial charge on any atom is 0.176 e. The van der Waals surface area contributed by atoms with Gasteiger partial charge >= 0.3 is 0 Å². The molecule has 2 unspecified atom stereocenters. The Morgan fingerprint density at radius 3 is 3.15 bits per heavy atom. The van der Waals surface area contributed by atoms with Crippen LogP contribution in [0.25, 0.3) is 0 Å². The SMILES string of the molecule is NCC(=O)C1=CC=CC2C=COC12. The van der Waals surface area contributed by atoms with Crippen LogP contribution in [0.1, 0.15) is 0 Å². The summed E-state index contributed by atoms with van der Waals surface area (Å²) in [5.41, 5.74) is 5.98. The van der Waals surface area contributed by atoms with E-state index >= 15 is 0 Å². The maximum absolute atomic E-state index is 11.4. The molecule has 0 radical (unpaired) electrons. The standard InChI is InChI=1S/C10H11NO2/c11-6-9(12)8-3-1-2-7-4-5-13-10(7)8/h1-5,7,10H,6,11H2. The van der Waals surface area contributed by atoms with Gasteiger partial charge in [-0.3, -0.25) is 4.79 Å². The van der Waals surface area contributed by atoms with E-state index in [1.165, 1.54) is 0 Å². The van der Waals surface area contributed by atoms with Gasteiger partial charge in [-0.1, -0.05) is 18.2 Å². The van der Waals surface area contributed by atoms with Gasteiger partial charge in [0.2, 0.25) is 0 Å². The van der Waals surface area contributed by atoms with Crippen LogP contribution in [-0.4, -0.2) is 18.4 Å². The molecule has 0 spiro atoms. The number of hydrogen-bond donors (Lipinski definition) is 1. The van der Waals surface area contributed by atoms with Crippen molar-refractivity contribution in [3.8, 4) is 0 Å². The lowest BCUT2D eigenvalue weighted by atomic mass is 9.90. The smallest absolute Gasteiger partial charge is 0.176 e. The summed E-state index contributed by atoms with van der Waals surface area (Å²) >= 11 is 0. The second-order valence-electron chi connectivity index (χ2n) is 3.10. The number of rotatable bonds is 2. The molecule has 0 aromatic carbocycles. The second-order valence-corrected chi connectivity index (χ2v) is 3.10. The largest absolute Gasteiger partial charge is 0.493 e. The van der Waals surface area contributed by atoms with Gasteiger partial charge in [0.05, 0.1) is 12.8 Å². The van der Waals surface area contributed by atoms with Gasteiger partial charge < -0.3 is 10.5 Å². The van der Waals surface area contributed by atoms with E-state index in [0.29, 0.717) is 5.57 Å². The van der Waals surface area contributed by atoms with Gasteiger partial charge in [0.1, 0.15) is 6.10 Å². The van der Waals surface area contributed by atoms with Crippen molar-refractivity contribution in [1.82, 2.24) is 0 Å². The molecule has 0 saturated carbocycles. The Hall–Kier alpha value is -1.35. The predicted molar refractivity (Wildman–Crippen MR) is 48.8 cm³/mol.